The zero-order chi connectivity index (χ0) is 21.8. The van der Waals surface area contributed by atoms with Gasteiger partial charge in [-0.05, 0) is 30.2 Å². The molecule has 7 nitrogen and oxygen atoms in total. The maximum atomic E-state index is 13.0. The number of thiophene rings is 1. The number of aryl methyl sites for hydroxylation is 1. The minimum Gasteiger partial charge on any atom is -0.457 e. The van der Waals surface area contributed by atoms with Gasteiger partial charge in [-0.2, -0.15) is 0 Å². The number of carbonyl (C=O) groups is 2. The molecule has 0 saturated carbocycles. The molecule has 1 amide bonds. The van der Waals surface area contributed by atoms with Crippen LogP contribution in [0.15, 0.2) is 71.8 Å². The number of rotatable bonds is 6. The molecule has 0 aliphatic rings. The molecule has 0 fully saturated rings. The first kappa shape index (κ1) is 20.5. The molecule has 31 heavy (non-hydrogen) atoms. The Labute approximate surface area is 181 Å². The Morgan fingerprint density at radius 3 is 2.45 bits per heavy atom. The van der Waals surface area contributed by atoms with Crippen LogP contribution in [-0.2, 0) is 22.7 Å². The normalized spacial score (nSPS) is 10.7. The number of aromatic nitrogens is 2. The van der Waals surface area contributed by atoms with Gasteiger partial charge in [0.25, 0.3) is 5.56 Å². The smallest absolute Gasteiger partial charge is 0.349 e. The number of hydrogen-bond donors (Lipinski definition) is 1. The van der Waals surface area contributed by atoms with Gasteiger partial charge in [0.15, 0.2) is 0 Å². The third kappa shape index (κ3) is 4.54. The minimum absolute atomic E-state index is 0.144. The van der Waals surface area contributed by atoms with Crippen molar-refractivity contribution in [2.24, 2.45) is 0 Å². The van der Waals surface area contributed by atoms with Crippen molar-refractivity contribution in [2.75, 3.05) is 5.32 Å². The Morgan fingerprint density at radius 1 is 1.06 bits per heavy atom. The molecular weight excluding hydrogens is 414 g/mol. The van der Waals surface area contributed by atoms with Gasteiger partial charge in [-0.25, -0.2) is 9.78 Å². The van der Waals surface area contributed by atoms with Crippen LogP contribution >= 0.6 is 11.3 Å². The van der Waals surface area contributed by atoms with E-state index >= 15 is 0 Å². The van der Waals surface area contributed by atoms with Crippen LogP contribution in [0, 0.1) is 6.92 Å². The molecule has 2 aromatic carbocycles. The highest BCUT2D eigenvalue weighted by Gasteiger charge is 2.21. The lowest BCUT2D eigenvalue weighted by Gasteiger charge is -2.07. The molecule has 0 aliphatic heterocycles. The quantitative estimate of drug-likeness (QED) is 0.468. The first-order valence-corrected chi connectivity index (χ1v) is 10.4. The van der Waals surface area contributed by atoms with Gasteiger partial charge in [0.2, 0.25) is 5.91 Å². The van der Waals surface area contributed by atoms with Crippen molar-refractivity contribution in [2.45, 2.75) is 20.1 Å². The molecule has 8 heteroatoms. The number of anilines is 1. The number of ether oxygens (including phenoxy) is 1. The van der Waals surface area contributed by atoms with Crippen LogP contribution in [0.2, 0.25) is 0 Å². The summed E-state index contributed by atoms with van der Waals surface area (Å²) < 4.78 is 6.63. The second kappa shape index (κ2) is 8.93. The Balaban J connectivity index is 1.54. The largest absolute Gasteiger partial charge is 0.457 e. The van der Waals surface area contributed by atoms with E-state index < -0.39 is 5.97 Å². The average Bonchev–Trinajstić information content (AvgIpc) is 3.12. The summed E-state index contributed by atoms with van der Waals surface area (Å²) in [5.74, 6) is -0.845. The lowest BCUT2D eigenvalue weighted by molar-refractivity contribution is -0.116. The Kier molecular flexibility index (Phi) is 5.90. The predicted octanol–water partition coefficient (Wildman–Crippen LogP) is 3.76. The monoisotopic (exact) mass is 433 g/mol. The highest BCUT2D eigenvalue weighted by atomic mass is 32.1. The summed E-state index contributed by atoms with van der Waals surface area (Å²) >= 11 is 1.11. The number of esters is 1. The van der Waals surface area contributed by atoms with E-state index in [1.807, 2.05) is 48.5 Å². The van der Waals surface area contributed by atoms with Crippen molar-refractivity contribution in [3.63, 3.8) is 0 Å². The molecule has 0 saturated heterocycles. The third-order valence-electron chi connectivity index (χ3n) is 4.69. The highest BCUT2D eigenvalue weighted by Crippen LogP contribution is 2.27. The molecule has 0 unspecified atom stereocenters. The van der Waals surface area contributed by atoms with Crippen LogP contribution in [0.5, 0.6) is 0 Å². The lowest BCUT2D eigenvalue weighted by atomic mass is 10.2. The molecule has 0 spiro atoms. The summed E-state index contributed by atoms with van der Waals surface area (Å²) in [4.78, 5) is 42.9. The lowest BCUT2D eigenvalue weighted by Crippen LogP contribution is -2.27. The molecule has 0 aliphatic carbocycles. The van der Waals surface area contributed by atoms with Gasteiger partial charge in [-0.3, -0.25) is 14.2 Å². The van der Waals surface area contributed by atoms with Crippen LogP contribution in [0.1, 0.15) is 20.8 Å². The van der Waals surface area contributed by atoms with E-state index in [2.05, 4.69) is 10.3 Å². The van der Waals surface area contributed by atoms with Crippen molar-refractivity contribution < 1.29 is 14.3 Å². The number of fused-ring (bicyclic) bond motifs is 1. The predicted molar refractivity (Wildman–Crippen MR) is 119 cm³/mol. The summed E-state index contributed by atoms with van der Waals surface area (Å²) in [6, 6.07) is 18.3. The van der Waals surface area contributed by atoms with E-state index in [-0.39, 0.29) is 24.6 Å². The summed E-state index contributed by atoms with van der Waals surface area (Å²) in [5, 5.41) is 3.06. The van der Waals surface area contributed by atoms with Crippen LogP contribution < -0.4 is 10.9 Å². The summed E-state index contributed by atoms with van der Waals surface area (Å²) in [7, 11) is 0. The van der Waals surface area contributed by atoms with Gasteiger partial charge in [0.05, 0.1) is 11.7 Å². The highest BCUT2D eigenvalue weighted by molar-refractivity contribution is 7.20. The molecule has 156 valence electrons. The zero-order valence-electron chi connectivity index (χ0n) is 16.7. The molecule has 2 aromatic heterocycles. The van der Waals surface area contributed by atoms with E-state index in [1.165, 1.54) is 10.9 Å². The van der Waals surface area contributed by atoms with E-state index in [1.54, 1.807) is 19.1 Å². The van der Waals surface area contributed by atoms with Crippen molar-refractivity contribution in [3.05, 3.63) is 93.3 Å². The fourth-order valence-corrected chi connectivity index (χ4v) is 4.16. The van der Waals surface area contributed by atoms with Gasteiger partial charge >= 0.3 is 5.97 Å². The summed E-state index contributed by atoms with van der Waals surface area (Å²) in [6.07, 6.45) is 1.32. The summed E-state index contributed by atoms with van der Waals surface area (Å²) in [5.41, 5.74) is 1.65. The van der Waals surface area contributed by atoms with E-state index in [4.69, 9.17) is 4.74 Å². The molecule has 2 heterocycles. The van der Waals surface area contributed by atoms with E-state index in [0.717, 1.165) is 16.9 Å². The molecular formula is C23H19N3O4S. The van der Waals surface area contributed by atoms with Crippen LogP contribution in [0.4, 0.5) is 5.69 Å². The fourth-order valence-electron chi connectivity index (χ4n) is 3.13. The second-order valence-electron chi connectivity index (χ2n) is 6.89. The molecule has 0 radical (unpaired) electrons. The van der Waals surface area contributed by atoms with Crippen molar-refractivity contribution in [1.29, 1.82) is 0 Å². The molecule has 0 bridgehead atoms. The van der Waals surface area contributed by atoms with Crippen molar-refractivity contribution >= 4 is 39.1 Å². The number of hydrogen-bond acceptors (Lipinski definition) is 6. The molecule has 4 rings (SSSR count). The second-order valence-corrected chi connectivity index (χ2v) is 7.89. The molecule has 0 atom stereocenters. The topological polar surface area (TPSA) is 90.3 Å². The Bertz CT molecular complexity index is 1300. The van der Waals surface area contributed by atoms with Crippen molar-refractivity contribution in [3.8, 4) is 0 Å². The minimum atomic E-state index is -0.503. The average molecular weight is 433 g/mol. The first-order chi connectivity index (χ1) is 15.0. The van der Waals surface area contributed by atoms with E-state index in [9.17, 15) is 14.4 Å². The standard InChI is InChI=1S/C23H19N3O4S/c1-15-19-21(31-20(15)23(29)30-13-16-8-4-2-5-9-16)24-14-26(22(19)28)12-18(27)25-17-10-6-3-7-11-17/h2-11,14H,12-13H2,1H3,(H,25,27). The van der Waals surface area contributed by atoms with Gasteiger partial charge in [0, 0.05) is 5.69 Å². The SMILES string of the molecule is Cc1c(C(=O)OCc2ccccc2)sc2ncn(CC(=O)Nc3ccccc3)c(=O)c12. The number of benzene rings is 2. The Hall–Kier alpha value is -3.78. The van der Waals surface area contributed by atoms with Crippen LogP contribution in [-0.4, -0.2) is 21.4 Å². The van der Waals surface area contributed by atoms with Gasteiger partial charge < -0.3 is 10.1 Å². The zero-order valence-corrected chi connectivity index (χ0v) is 17.5. The maximum absolute atomic E-state index is 13.0. The number of carbonyl (C=O) groups excluding carboxylic acids is 2. The van der Waals surface area contributed by atoms with Crippen LogP contribution in [0.25, 0.3) is 10.2 Å². The van der Waals surface area contributed by atoms with Gasteiger partial charge in [0.1, 0.15) is 22.9 Å². The van der Waals surface area contributed by atoms with E-state index in [0.29, 0.717) is 26.3 Å². The number of nitrogens with one attached hydrogen (secondary N) is 1. The Morgan fingerprint density at radius 2 is 1.74 bits per heavy atom. The number of amides is 1. The number of para-hydroxylation sites is 1. The third-order valence-corrected chi connectivity index (χ3v) is 5.87. The van der Waals surface area contributed by atoms with Gasteiger partial charge in [-0.15, -0.1) is 11.3 Å². The summed E-state index contributed by atoms with van der Waals surface area (Å²) in [6.45, 7) is 1.65. The maximum Gasteiger partial charge on any atom is 0.349 e. The van der Waals surface area contributed by atoms with Crippen LogP contribution in [0.3, 0.4) is 0 Å². The number of nitrogens with zero attached hydrogens (tertiary/aromatic N) is 2. The molecule has 1 N–H and O–H groups in total. The van der Waals surface area contributed by atoms with Gasteiger partial charge in [-0.1, -0.05) is 48.5 Å². The van der Waals surface area contributed by atoms with Crippen molar-refractivity contribution in [1.82, 2.24) is 9.55 Å². The molecule has 4 aromatic rings. The first-order valence-electron chi connectivity index (χ1n) is 9.57. The fraction of sp³-hybridized carbons (Fsp3) is 0.130.